The lowest BCUT2D eigenvalue weighted by Crippen LogP contribution is -2.47. The molecule has 0 aromatic heterocycles. The van der Waals surface area contributed by atoms with E-state index in [0.29, 0.717) is 36.5 Å². The predicted octanol–water partition coefficient (Wildman–Crippen LogP) is 3.98. The topological polar surface area (TPSA) is 12.0 Å². The zero-order valence-electron chi connectivity index (χ0n) is 10.9. The van der Waals surface area contributed by atoms with Gasteiger partial charge >= 0.3 is 6.18 Å². The van der Waals surface area contributed by atoms with Gasteiger partial charge in [0.2, 0.25) is 0 Å². The van der Waals surface area contributed by atoms with Crippen LogP contribution in [0.1, 0.15) is 44.9 Å². The Balaban J connectivity index is 1.71. The second kappa shape index (κ2) is 5.61. The Hall–Kier alpha value is 0.100. The molecule has 18 heavy (non-hydrogen) atoms. The van der Waals surface area contributed by atoms with E-state index in [1.54, 1.807) is 0 Å². The second-order valence-corrected chi connectivity index (χ2v) is 6.99. The van der Waals surface area contributed by atoms with E-state index < -0.39 is 12.1 Å². The van der Waals surface area contributed by atoms with Gasteiger partial charge in [0.15, 0.2) is 0 Å². The first-order chi connectivity index (χ1) is 8.45. The minimum absolute atomic E-state index is 0.299. The number of rotatable bonds is 4. The van der Waals surface area contributed by atoms with Crippen molar-refractivity contribution in [3.63, 3.8) is 0 Å². The number of hydrogen-bond acceptors (Lipinski definition) is 2. The average Bonchev–Trinajstić information content (AvgIpc) is 2.28. The summed E-state index contributed by atoms with van der Waals surface area (Å²) >= 11 is 1.91. The normalized spacial score (nSPS) is 32.0. The SMILES string of the molecule is CSC1(CNC2CCC(C(F)(F)F)CC2)CCC1. The molecule has 5 heteroatoms. The van der Waals surface area contributed by atoms with Crippen LogP contribution in [0, 0.1) is 5.92 Å². The molecule has 0 spiro atoms. The first-order valence-corrected chi connectivity index (χ1v) is 8.03. The molecule has 0 atom stereocenters. The summed E-state index contributed by atoms with van der Waals surface area (Å²) in [5.74, 6) is -1.06. The highest BCUT2D eigenvalue weighted by atomic mass is 32.2. The highest BCUT2D eigenvalue weighted by Crippen LogP contribution is 2.43. The highest BCUT2D eigenvalue weighted by Gasteiger charge is 2.42. The summed E-state index contributed by atoms with van der Waals surface area (Å²) in [4.78, 5) is 0. The first kappa shape index (κ1) is 14.5. The quantitative estimate of drug-likeness (QED) is 0.836. The molecule has 1 nitrogen and oxygen atoms in total. The van der Waals surface area contributed by atoms with Gasteiger partial charge in [0.1, 0.15) is 0 Å². The van der Waals surface area contributed by atoms with Gasteiger partial charge in [-0.2, -0.15) is 24.9 Å². The van der Waals surface area contributed by atoms with Gasteiger partial charge in [-0.05, 0) is 44.8 Å². The van der Waals surface area contributed by atoms with Crippen LogP contribution in [0.5, 0.6) is 0 Å². The van der Waals surface area contributed by atoms with Gasteiger partial charge in [0.25, 0.3) is 0 Å². The van der Waals surface area contributed by atoms with Crippen molar-refractivity contribution in [1.29, 1.82) is 0 Å². The molecule has 2 aliphatic rings. The van der Waals surface area contributed by atoms with Crippen molar-refractivity contribution in [3.05, 3.63) is 0 Å². The van der Waals surface area contributed by atoms with Crippen molar-refractivity contribution in [2.24, 2.45) is 5.92 Å². The Kier molecular flexibility index (Phi) is 4.52. The number of nitrogens with one attached hydrogen (secondary N) is 1. The molecule has 0 radical (unpaired) electrons. The molecule has 2 saturated carbocycles. The van der Waals surface area contributed by atoms with Crippen LogP contribution in [0.4, 0.5) is 13.2 Å². The summed E-state index contributed by atoms with van der Waals surface area (Å²) in [6, 6.07) is 0.299. The maximum atomic E-state index is 12.5. The Labute approximate surface area is 111 Å². The molecule has 2 fully saturated rings. The zero-order chi connectivity index (χ0) is 13.2. The number of alkyl halides is 3. The summed E-state index contributed by atoms with van der Waals surface area (Å²) in [6.07, 6.45) is 3.90. The lowest BCUT2D eigenvalue weighted by molar-refractivity contribution is -0.182. The van der Waals surface area contributed by atoms with Crippen LogP contribution in [-0.4, -0.2) is 29.8 Å². The lowest BCUT2D eigenvalue weighted by Gasteiger charge is -2.42. The summed E-state index contributed by atoms with van der Waals surface area (Å²) < 4.78 is 38.0. The van der Waals surface area contributed by atoms with Crippen molar-refractivity contribution in [2.45, 2.75) is 61.9 Å². The van der Waals surface area contributed by atoms with Crippen molar-refractivity contribution in [1.82, 2.24) is 5.32 Å². The fraction of sp³-hybridized carbons (Fsp3) is 1.00. The van der Waals surface area contributed by atoms with E-state index in [2.05, 4.69) is 11.6 Å². The van der Waals surface area contributed by atoms with Crippen LogP contribution in [0.15, 0.2) is 0 Å². The molecule has 0 aromatic carbocycles. The summed E-state index contributed by atoms with van der Waals surface area (Å²) in [7, 11) is 0. The van der Waals surface area contributed by atoms with Crippen LogP contribution in [0.3, 0.4) is 0 Å². The van der Waals surface area contributed by atoms with Gasteiger partial charge in [-0.25, -0.2) is 0 Å². The minimum Gasteiger partial charge on any atom is -0.313 e. The Morgan fingerprint density at radius 1 is 1.17 bits per heavy atom. The molecule has 0 saturated heterocycles. The van der Waals surface area contributed by atoms with Crippen molar-refractivity contribution < 1.29 is 13.2 Å². The van der Waals surface area contributed by atoms with Crippen LogP contribution in [0.2, 0.25) is 0 Å². The first-order valence-electron chi connectivity index (χ1n) is 6.80. The monoisotopic (exact) mass is 281 g/mol. The summed E-state index contributed by atoms with van der Waals surface area (Å²) in [5.41, 5.74) is 0. The Morgan fingerprint density at radius 3 is 2.17 bits per heavy atom. The van der Waals surface area contributed by atoms with E-state index in [1.165, 1.54) is 19.3 Å². The summed E-state index contributed by atoms with van der Waals surface area (Å²) in [5, 5.41) is 3.50. The molecule has 0 unspecified atom stereocenters. The van der Waals surface area contributed by atoms with E-state index in [0.717, 1.165) is 6.54 Å². The average molecular weight is 281 g/mol. The maximum Gasteiger partial charge on any atom is 0.391 e. The van der Waals surface area contributed by atoms with Crippen LogP contribution < -0.4 is 5.32 Å². The standard InChI is InChI=1S/C13H22F3NS/c1-18-12(7-2-8-12)9-17-11-5-3-10(4-6-11)13(14,15)16/h10-11,17H,2-9H2,1H3. The number of halogens is 3. The number of thioether (sulfide) groups is 1. The van der Waals surface area contributed by atoms with E-state index in [4.69, 9.17) is 0 Å². The third-order valence-electron chi connectivity index (χ3n) is 4.60. The van der Waals surface area contributed by atoms with E-state index in [1.807, 2.05) is 11.8 Å². The predicted molar refractivity (Wildman–Crippen MR) is 69.9 cm³/mol. The molecular weight excluding hydrogens is 259 g/mol. The minimum atomic E-state index is -3.99. The second-order valence-electron chi connectivity index (χ2n) is 5.71. The Bertz CT molecular complexity index is 262. The van der Waals surface area contributed by atoms with Gasteiger partial charge in [0, 0.05) is 17.3 Å². The van der Waals surface area contributed by atoms with Gasteiger partial charge in [-0.3, -0.25) is 0 Å². The largest absolute Gasteiger partial charge is 0.391 e. The molecule has 0 bridgehead atoms. The smallest absolute Gasteiger partial charge is 0.313 e. The zero-order valence-corrected chi connectivity index (χ0v) is 11.7. The fourth-order valence-corrected chi connectivity index (χ4v) is 3.90. The van der Waals surface area contributed by atoms with E-state index in [9.17, 15) is 13.2 Å². The maximum absolute atomic E-state index is 12.5. The van der Waals surface area contributed by atoms with Gasteiger partial charge in [0.05, 0.1) is 5.92 Å². The van der Waals surface area contributed by atoms with Crippen molar-refractivity contribution in [3.8, 4) is 0 Å². The molecule has 2 rings (SSSR count). The third-order valence-corrected chi connectivity index (χ3v) is 6.02. The fourth-order valence-electron chi connectivity index (χ4n) is 2.98. The molecule has 0 heterocycles. The molecular formula is C13H22F3NS. The highest BCUT2D eigenvalue weighted by molar-refractivity contribution is 8.00. The molecule has 0 aromatic rings. The van der Waals surface area contributed by atoms with E-state index in [-0.39, 0.29) is 0 Å². The molecule has 0 amide bonds. The molecule has 0 aliphatic heterocycles. The van der Waals surface area contributed by atoms with Crippen LogP contribution >= 0.6 is 11.8 Å². The molecule has 2 aliphatic carbocycles. The number of hydrogen-bond donors (Lipinski definition) is 1. The lowest BCUT2D eigenvalue weighted by atomic mass is 9.82. The van der Waals surface area contributed by atoms with Crippen LogP contribution in [-0.2, 0) is 0 Å². The van der Waals surface area contributed by atoms with E-state index >= 15 is 0 Å². The molecule has 1 N–H and O–H groups in total. The Morgan fingerprint density at radius 2 is 1.78 bits per heavy atom. The van der Waals surface area contributed by atoms with Crippen molar-refractivity contribution >= 4 is 11.8 Å². The van der Waals surface area contributed by atoms with Gasteiger partial charge in [-0.1, -0.05) is 6.42 Å². The van der Waals surface area contributed by atoms with Gasteiger partial charge < -0.3 is 5.32 Å². The van der Waals surface area contributed by atoms with Crippen molar-refractivity contribution in [2.75, 3.05) is 12.8 Å². The third kappa shape index (κ3) is 3.35. The summed E-state index contributed by atoms with van der Waals surface area (Å²) in [6.45, 7) is 0.968. The van der Waals surface area contributed by atoms with Gasteiger partial charge in [-0.15, -0.1) is 0 Å². The van der Waals surface area contributed by atoms with Crippen LogP contribution in [0.25, 0.3) is 0 Å². The molecule has 106 valence electrons.